The molecule has 1 aliphatic heterocycles. The molecule has 0 unspecified atom stereocenters. The van der Waals surface area contributed by atoms with Crippen LogP contribution >= 0.6 is 0 Å². The van der Waals surface area contributed by atoms with Crippen LogP contribution < -0.4 is 4.90 Å². The fourth-order valence-electron chi connectivity index (χ4n) is 2.51. The molecule has 5 nitrogen and oxygen atoms in total. The molecule has 5 heteroatoms. The van der Waals surface area contributed by atoms with E-state index in [0.717, 1.165) is 30.7 Å². The summed E-state index contributed by atoms with van der Waals surface area (Å²) in [5, 5.41) is 19.0. The van der Waals surface area contributed by atoms with Crippen molar-refractivity contribution in [3.8, 4) is 6.07 Å². The Labute approximate surface area is 105 Å². The van der Waals surface area contributed by atoms with Crippen LogP contribution in [0.25, 0.3) is 11.0 Å². The van der Waals surface area contributed by atoms with Crippen molar-refractivity contribution in [3.05, 3.63) is 23.9 Å². The Bertz CT molecular complexity index is 613. The normalized spacial score (nSPS) is 20.0. The zero-order valence-electron chi connectivity index (χ0n) is 9.93. The lowest BCUT2D eigenvalue weighted by Gasteiger charge is -2.31. The van der Waals surface area contributed by atoms with Gasteiger partial charge < -0.3 is 15.0 Å². The van der Waals surface area contributed by atoms with Crippen LogP contribution in [0.15, 0.2) is 18.3 Å². The van der Waals surface area contributed by atoms with E-state index in [1.165, 1.54) is 0 Å². The summed E-state index contributed by atoms with van der Waals surface area (Å²) in [4.78, 5) is 9.51. The number of aromatic amines is 1. The first-order chi connectivity index (χ1) is 8.79. The number of hydrogen-bond donors (Lipinski definition) is 2. The fourth-order valence-corrected chi connectivity index (χ4v) is 2.51. The maximum Gasteiger partial charge on any atom is 0.127 e. The molecule has 0 saturated carbocycles. The van der Waals surface area contributed by atoms with Gasteiger partial charge >= 0.3 is 0 Å². The summed E-state index contributed by atoms with van der Waals surface area (Å²) < 4.78 is 0. The molecule has 0 amide bonds. The lowest BCUT2D eigenvalue weighted by atomic mass is 10.1. The number of nitrogens with one attached hydrogen (secondary N) is 1. The molecule has 3 heterocycles. The van der Waals surface area contributed by atoms with Gasteiger partial charge in [-0.25, -0.2) is 0 Å². The molecule has 0 aromatic carbocycles. The number of nitrogens with zero attached hydrogens (tertiary/aromatic N) is 3. The van der Waals surface area contributed by atoms with Crippen LogP contribution in [-0.2, 0) is 0 Å². The van der Waals surface area contributed by atoms with Crippen molar-refractivity contribution in [3.63, 3.8) is 0 Å². The Hall–Kier alpha value is -2.06. The molecule has 1 atom stereocenters. The summed E-state index contributed by atoms with van der Waals surface area (Å²) in [7, 11) is 0. The van der Waals surface area contributed by atoms with Crippen LogP contribution in [0.2, 0.25) is 0 Å². The van der Waals surface area contributed by atoms with Crippen LogP contribution in [0, 0.1) is 11.3 Å². The molecule has 1 fully saturated rings. The minimum Gasteiger partial charge on any atom is -0.391 e. The lowest BCUT2D eigenvalue weighted by molar-refractivity contribution is 0.154. The first-order valence-corrected chi connectivity index (χ1v) is 6.09. The number of aromatic nitrogens is 2. The average molecular weight is 242 g/mol. The third-order valence-corrected chi connectivity index (χ3v) is 3.36. The van der Waals surface area contributed by atoms with Gasteiger partial charge in [-0.3, -0.25) is 4.98 Å². The molecule has 18 heavy (non-hydrogen) atoms. The summed E-state index contributed by atoms with van der Waals surface area (Å²) in [6, 6.07) is 5.97. The Morgan fingerprint density at radius 2 is 2.44 bits per heavy atom. The van der Waals surface area contributed by atoms with E-state index in [4.69, 9.17) is 0 Å². The summed E-state index contributed by atoms with van der Waals surface area (Å²) in [5.41, 5.74) is 2.14. The van der Waals surface area contributed by atoms with Gasteiger partial charge in [0.05, 0.1) is 11.6 Å². The molecule has 0 radical (unpaired) electrons. The Morgan fingerprint density at radius 1 is 1.56 bits per heavy atom. The van der Waals surface area contributed by atoms with Gasteiger partial charge in [0.15, 0.2) is 0 Å². The quantitative estimate of drug-likeness (QED) is 0.792. The van der Waals surface area contributed by atoms with Crippen LogP contribution in [0.3, 0.4) is 0 Å². The number of nitriles is 1. The standard InChI is InChI=1S/C13H14N4O/c14-7-10-12-11(4-1-5-15-12)16-13(10)17-6-2-3-9(18)8-17/h1,4-5,9,16,18H,2-3,6,8H2/t9-/m0/s1. The number of fused-ring (bicyclic) bond motifs is 1. The number of rotatable bonds is 1. The second-order valence-corrected chi connectivity index (χ2v) is 4.60. The number of pyridine rings is 1. The molecule has 1 aliphatic rings. The lowest BCUT2D eigenvalue weighted by Crippen LogP contribution is -2.38. The fraction of sp³-hybridized carbons (Fsp3) is 0.385. The van der Waals surface area contributed by atoms with Gasteiger partial charge in [-0.1, -0.05) is 0 Å². The number of β-amino-alcohol motifs (C(OH)–C–C–N with tert-alkyl or cyclic N) is 1. The van der Waals surface area contributed by atoms with Crippen molar-refractivity contribution >= 4 is 16.9 Å². The highest BCUT2D eigenvalue weighted by atomic mass is 16.3. The third kappa shape index (κ3) is 1.71. The number of hydrogen-bond acceptors (Lipinski definition) is 4. The van der Waals surface area contributed by atoms with Crippen molar-refractivity contribution in [2.45, 2.75) is 18.9 Å². The topological polar surface area (TPSA) is 75.9 Å². The van der Waals surface area contributed by atoms with Gasteiger partial charge in [0, 0.05) is 19.3 Å². The molecule has 3 rings (SSSR count). The molecule has 92 valence electrons. The SMILES string of the molecule is N#Cc1c(N2CCC[C@H](O)C2)[nH]c2cccnc12. The van der Waals surface area contributed by atoms with Crippen LogP contribution in [0.1, 0.15) is 18.4 Å². The molecule has 0 spiro atoms. The highest BCUT2D eigenvalue weighted by molar-refractivity contribution is 5.88. The van der Waals surface area contributed by atoms with E-state index in [-0.39, 0.29) is 6.10 Å². The second-order valence-electron chi connectivity index (χ2n) is 4.60. The number of H-pyrrole nitrogens is 1. The number of aliphatic hydroxyl groups excluding tert-OH is 1. The number of anilines is 1. The summed E-state index contributed by atoms with van der Waals surface area (Å²) in [5.74, 6) is 0.782. The van der Waals surface area contributed by atoms with E-state index in [1.54, 1.807) is 6.20 Å². The predicted octanol–water partition coefficient (Wildman–Crippen LogP) is 1.40. The Morgan fingerprint density at radius 3 is 3.22 bits per heavy atom. The summed E-state index contributed by atoms with van der Waals surface area (Å²) in [6.45, 7) is 1.43. The number of piperidine rings is 1. The van der Waals surface area contributed by atoms with Gasteiger partial charge in [0.1, 0.15) is 23.0 Å². The van der Waals surface area contributed by atoms with Gasteiger partial charge in [-0.2, -0.15) is 5.26 Å². The van der Waals surface area contributed by atoms with Gasteiger partial charge in [-0.15, -0.1) is 0 Å². The van der Waals surface area contributed by atoms with Crippen molar-refractivity contribution in [1.29, 1.82) is 5.26 Å². The monoisotopic (exact) mass is 242 g/mol. The minimum atomic E-state index is -0.315. The van der Waals surface area contributed by atoms with Gasteiger partial charge in [-0.05, 0) is 25.0 Å². The van der Waals surface area contributed by atoms with Crippen LogP contribution in [-0.4, -0.2) is 34.3 Å². The molecule has 0 aliphatic carbocycles. The number of aliphatic hydroxyl groups is 1. The van der Waals surface area contributed by atoms with E-state index in [2.05, 4.69) is 16.0 Å². The predicted molar refractivity (Wildman–Crippen MR) is 68.3 cm³/mol. The van der Waals surface area contributed by atoms with E-state index < -0.39 is 0 Å². The first-order valence-electron chi connectivity index (χ1n) is 6.09. The molecule has 2 N–H and O–H groups in total. The largest absolute Gasteiger partial charge is 0.391 e. The second kappa shape index (κ2) is 4.31. The zero-order chi connectivity index (χ0) is 12.5. The first kappa shape index (κ1) is 11.1. The van der Waals surface area contributed by atoms with E-state index in [0.29, 0.717) is 17.6 Å². The summed E-state index contributed by atoms with van der Waals surface area (Å²) in [6.07, 6.45) is 3.14. The van der Waals surface area contributed by atoms with Crippen LogP contribution in [0.5, 0.6) is 0 Å². The van der Waals surface area contributed by atoms with E-state index in [1.807, 2.05) is 17.0 Å². The minimum absolute atomic E-state index is 0.315. The molecular formula is C13H14N4O. The maximum absolute atomic E-state index is 9.73. The van der Waals surface area contributed by atoms with Crippen molar-refractivity contribution in [1.82, 2.24) is 9.97 Å². The van der Waals surface area contributed by atoms with Gasteiger partial charge in [0.25, 0.3) is 0 Å². The van der Waals surface area contributed by atoms with Crippen molar-refractivity contribution in [2.24, 2.45) is 0 Å². The zero-order valence-corrected chi connectivity index (χ0v) is 9.93. The van der Waals surface area contributed by atoms with Crippen molar-refractivity contribution < 1.29 is 5.11 Å². The van der Waals surface area contributed by atoms with Crippen LogP contribution in [0.4, 0.5) is 5.82 Å². The molecule has 0 bridgehead atoms. The molecular weight excluding hydrogens is 228 g/mol. The third-order valence-electron chi connectivity index (χ3n) is 3.36. The average Bonchev–Trinajstić information content (AvgIpc) is 2.77. The highest BCUT2D eigenvalue weighted by Gasteiger charge is 2.23. The maximum atomic E-state index is 9.73. The smallest absolute Gasteiger partial charge is 0.127 e. The highest BCUT2D eigenvalue weighted by Crippen LogP contribution is 2.28. The molecule has 2 aromatic heterocycles. The molecule has 1 saturated heterocycles. The van der Waals surface area contributed by atoms with Crippen molar-refractivity contribution in [2.75, 3.05) is 18.0 Å². The van der Waals surface area contributed by atoms with Gasteiger partial charge in [0.2, 0.25) is 0 Å². The Kier molecular flexibility index (Phi) is 2.65. The summed E-state index contributed by atoms with van der Waals surface area (Å²) >= 11 is 0. The Balaban J connectivity index is 2.08. The van der Waals surface area contributed by atoms with E-state index >= 15 is 0 Å². The van der Waals surface area contributed by atoms with E-state index in [9.17, 15) is 10.4 Å². The molecule has 2 aromatic rings.